The molecule has 1 saturated heterocycles. The first kappa shape index (κ1) is 17.0. The summed E-state index contributed by atoms with van der Waals surface area (Å²) in [7, 11) is 0. The lowest BCUT2D eigenvalue weighted by Gasteiger charge is -2.28. The maximum Gasteiger partial charge on any atom is 0.277 e. The van der Waals surface area contributed by atoms with Gasteiger partial charge in [-0.25, -0.2) is 0 Å². The lowest BCUT2D eigenvalue weighted by Crippen LogP contribution is -2.40. The number of carbonyl (C=O) groups is 1. The Morgan fingerprint density at radius 3 is 2.46 bits per heavy atom. The molecule has 1 aliphatic rings. The van der Waals surface area contributed by atoms with E-state index in [4.69, 9.17) is 4.42 Å². The predicted molar refractivity (Wildman–Crippen MR) is 95.0 cm³/mol. The summed E-state index contributed by atoms with van der Waals surface area (Å²) < 4.78 is 5.76. The number of likely N-dealkylation sites (tertiary alicyclic amines) is 1. The fraction of sp³-hybridized carbons (Fsp3) is 0.500. The van der Waals surface area contributed by atoms with Crippen molar-refractivity contribution in [2.24, 2.45) is 0 Å². The van der Waals surface area contributed by atoms with Crippen molar-refractivity contribution in [1.29, 1.82) is 0 Å². The topological polar surface area (TPSA) is 59.2 Å². The molecular formula is C18H23N3O2S. The highest BCUT2D eigenvalue weighted by atomic mass is 32.2. The van der Waals surface area contributed by atoms with Crippen LogP contribution in [0.25, 0.3) is 11.5 Å². The summed E-state index contributed by atoms with van der Waals surface area (Å²) in [6, 6.07) is 6.16. The zero-order chi connectivity index (χ0) is 17.1. The van der Waals surface area contributed by atoms with Crippen molar-refractivity contribution in [3.05, 3.63) is 29.3 Å². The highest BCUT2D eigenvalue weighted by Gasteiger charge is 2.24. The van der Waals surface area contributed by atoms with Crippen molar-refractivity contribution in [3.63, 3.8) is 0 Å². The average Bonchev–Trinajstić information content (AvgIpc) is 3.02. The largest absolute Gasteiger partial charge is 0.411 e. The van der Waals surface area contributed by atoms with Crippen molar-refractivity contribution in [3.8, 4) is 11.5 Å². The maximum absolute atomic E-state index is 12.5. The summed E-state index contributed by atoms with van der Waals surface area (Å²) in [5, 5.41) is 8.46. The van der Waals surface area contributed by atoms with Crippen LogP contribution >= 0.6 is 11.8 Å². The molecule has 2 aromatic rings. The van der Waals surface area contributed by atoms with Gasteiger partial charge in [0.15, 0.2) is 0 Å². The summed E-state index contributed by atoms with van der Waals surface area (Å²) >= 11 is 1.34. The smallest absolute Gasteiger partial charge is 0.277 e. The first-order valence-electron chi connectivity index (χ1n) is 8.40. The molecule has 24 heavy (non-hydrogen) atoms. The molecular weight excluding hydrogens is 322 g/mol. The standard InChI is InChI=1S/C18H23N3O2S/c1-12-9-13(2)11-15(10-12)16-19-20-18(23-16)24-14(3)17(22)21-7-5-4-6-8-21/h9-11,14H,4-8H2,1-3H3/t14-/m0/s1. The van der Waals surface area contributed by atoms with Crippen LogP contribution in [0.4, 0.5) is 0 Å². The van der Waals surface area contributed by atoms with E-state index in [9.17, 15) is 4.79 Å². The Morgan fingerprint density at radius 1 is 1.12 bits per heavy atom. The summed E-state index contributed by atoms with van der Waals surface area (Å²) in [6.07, 6.45) is 3.41. The first-order valence-corrected chi connectivity index (χ1v) is 9.28. The van der Waals surface area contributed by atoms with Gasteiger partial charge in [-0.3, -0.25) is 4.79 Å². The molecule has 0 unspecified atom stereocenters. The summed E-state index contributed by atoms with van der Waals surface area (Å²) in [5.41, 5.74) is 3.24. The van der Waals surface area contributed by atoms with Crippen LogP contribution in [0, 0.1) is 13.8 Å². The van der Waals surface area contributed by atoms with Gasteiger partial charge in [0, 0.05) is 18.7 Å². The molecule has 6 heteroatoms. The molecule has 0 N–H and O–H groups in total. The van der Waals surface area contributed by atoms with Gasteiger partial charge < -0.3 is 9.32 Å². The highest BCUT2D eigenvalue weighted by Crippen LogP contribution is 2.28. The number of aryl methyl sites for hydroxylation is 2. The van der Waals surface area contributed by atoms with Crippen LogP contribution in [0.2, 0.25) is 0 Å². The van der Waals surface area contributed by atoms with E-state index in [1.165, 1.54) is 18.2 Å². The Hall–Kier alpha value is -1.82. The molecule has 0 spiro atoms. The van der Waals surface area contributed by atoms with Gasteiger partial charge in [-0.2, -0.15) is 0 Å². The van der Waals surface area contributed by atoms with E-state index in [1.807, 2.05) is 37.8 Å². The van der Waals surface area contributed by atoms with E-state index >= 15 is 0 Å². The molecule has 0 aliphatic carbocycles. The maximum atomic E-state index is 12.5. The minimum absolute atomic E-state index is 0.158. The van der Waals surface area contributed by atoms with Gasteiger partial charge in [0.2, 0.25) is 11.8 Å². The number of carbonyl (C=O) groups excluding carboxylic acids is 1. The fourth-order valence-corrected chi connectivity index (χ4v) is 3.81. The van der Waals surface area contributed by atoms with Crippen molar-refractivity contribution in [2.75, 3.05) is 13.1 Å². The Labute approximate surface area is 146 Å². The predicted octanol–water partition coefficient (Wildman–Crippen LogP) is 3.85. The van der Waals surface area contributed by atoms with Crippen molar-refractivity contribution in [1.82, 2.24) is 15.1 Å². The number of aromatic nitrogens is 2. The van der Waals surface area contributed by atoms with Gasteiger partial charge in [0.05, 0.1) is 5.25 Å². The number of hydrogen-bond donors (Lipinski definition) is 0. The molecule has 0 saturated carbocycles. The van der Waals surface area contributed by atoms with E-state index in [0.29, 0.717) is 11.1 Å². The van der Waals surface area contributed by atoms with E-state index in [0.717, 1.165) is 42.6 Å². The SMILES string of the molecule is Cc1cc(C)cc(-c2nnc(S[C@@H](C)C(=O)N3CCCCC3)o2)c1. The molecule has 2 heterocycles. The van der Waals surface area contributed by atoms with E-state index < -0.39 is 0 Å². The minimum Gasteiger partial charge on any atom is -0.411 e. The lowest BCUT2D eigenvalue weighted by atomic mass is 10.1. The Bertz CT molecular complexity index is 703. The number of amides is 1. The van der Waals surface area contributed by atoms with Gasteiger partial charge in [0.25, 0.3) is 5.22 Å². The zero-order valence-electron chi connectivity index (χ0n) is 14.4. The van der Waals surface area contributed by atoms with Crippen LogP contribution < -0.4 is 0 Å². The Morgan fingerprint density at radius 2 is 1.79 bits per heavy atom. The third-order valence-corrected chi connectivity index (χ3v) is 5.09. The lowest BCUT2D eigenvalue weighted by molar-refractivity contribution is -0.131. The highest BCUT2D eigenvalue weighted by molar-refractivity contribution is 8.00. The molecule has 1 aliphatic heterocycles. The molecule has 1 atom stereocenters. The van der Waals surface area contributed by atoms with Gasteiger partial charge >= 0.3 is 0 Å². The van der Waals surface area contributed by atoms with Gasteiger partial charge in [-0.15, -0.1) is 10.2 Å². The van der Waals surface area contributed by atoms with Crippen molar-refractivity contribution in [2.45, 2.75) is 50.5 Å². The normalized spacial score (nSPS) is 16.2. The van der Waals surface area contributed by atoms with Crippen LogP contribution in [-0.2, 0) is 4.79 Å². The molecule has 1 aromatic carbocycles. The number of rotatable bonds is 4. The second-order valence-electron chi connectivity index (χ2n) is 6.40. The molecule has 0 bridgehead atoms. The van der Waals surface area contributed by atoms with Gasteiger partial charge in [-0.05, 0) is 52.2 Å². The fourth-order valence-electron chi connectivity index (χ4n) is 3.05. The average molecular weight is 345 g/mol. The number of benzene rings is 1. The minimum atomic E-state index is -0.212. The molecule has 1 amide bonds. The second-order valence-corrected chi connectivity index (χ2v) is 7.69. The van der Waals surface area contributed by atoms with E-state index in [-0.39, 0.29) is 11.2 Å². The first-order chi connectivity index (χ1) is 11.5. The van der Waals surface area contributed by atoms with Crippen LogP contribution in [-0.4, -0.2) is 39.3 Å². The Balaban J connectivity index is 1.68. The van der Waals surface area contributed by atoms with Crippen molar-refractivity contribution >= 4 is 17.7 Å². The molecule has 3 rings (SSSR count). The molecule has 0 radical (unpaired) electrons. The quantitative estimate of drug-likeness (QED) is 0.788. The Kier molecular flexibility index (Phi) is 5.23. The summed E-state index contributed by atoms with van der Waals surface area (Å²) in [6.45, 7) is 7.72. The third kappa shape index (κ3) is 3.98. The number of hydrogen-bond acceptors (Lipinski definition) is 5. The van der Waals surface area contributed by atoms with Crippen LogP contribution in [0.1, 0.15) is 37.3 Å². The van der Waals surface area contributed by atoms with Crippen LogP contribution in [0.15, 0.2) is 27.8 Å². The van der Waals surface area contributed by atoms with Gasteiger partial charge in [-0.1, -0.05) is 29.0 Å². The second kappa shape index (κ2) is 7.38. The van der Waals surface area contributed by atoms with Gasteiger partial charge in [0.1, 0.15) is 0 Å². The molecule has 5 nitrogen and oxygen atoms in total. The third-order valence-electron chi connectivity index (χ3n) is 4.17. The van der Waals surface area contributed by atoms with Crippen molar-refractivity contribution < 1.29 is 9.21 Å². The van der Waals surface area contributed by atoms with Crippen LogP contribution in [0.5, 0.6) is 0 Å². The molecule has 1 aromatic heterocycles. The summed E-state index contributed by atoms with van der Waals surface area (Å²) in [5.74, 6) is 0.660. The molecule has 128 valence electrons. The van der Waals surface area contributed by atoms with E-state index in [2.05, 4.69) is 16.3 Å². The number of piperidine rings is 1. The molecule has 1 fully saturated rings. The number of thioether (sulfide) groups is 1. The van der Waals surface area contributed by atoms with Crippen LogP contribution in [0.3, 0.4) is 0 Å². The van der Waals surface area contributed by atoms with E-state index in [1.54, 1.807) is 0 Å². The monoisotopic (exact) mass is 345 g/mol. The number of nitrogens with zero attached hydrogens (tertiary/aromatic N) is 3. The summed E-state index contributed by atoms with van der Waals surface area (Å²) in [4.78, 5) is 14.4. The zero-order valence-corrected chi connectivity index (χ0v) is 15.2.